The Bertz CT molecular complexity index is 257. The van der Waals surface area contributed by atoms with Crippen LogP contribution in [0, 0.1) is 0 Å². The van der Waals surface area contributed by atoms with Gasteiger partial charge in [-0.2, -0.15) is 0 Å². The molecule has 1 aromatic rings. The monoisotopic (exact) mass is 245 g/mol. The smallest absolute Gasteiger partial charge is 0.0962 e. The van der Waals surface area contributed by atoms with Crippen molar-refractivity contribution in [3.63, 3.8) is 0 Å². The molecule has 66 valence electrons. The highest BCUT2D eigenvalue weighted by molar-refractivity contribution is 9.08. The normalized spacial score (nSPS) is 16.8. The van der Waals surface area contributed by atoms with E-state index in [1.807, 2.05) is 11.3 Å². The molecular formula is C9H12BrNS. The summed E-state index contributed by atoms with van der Waals surface area (Å²) in [7, 11) is 0. The Morgan fingerprint density at radius 1 is 1.58 bits per heavy atom. The van der Waals surface area contributed by atoms with Crippen LogP contribution < -0.4 is 0 Å². The van der Waals surface area contributed by atoms with Gasteiger partial charge in [0.05, 0.1) is 10.7 Å². The van der Waals surface area contributed by atoms with Gasteiger partial charge < -0.3 is 0 Å². The molecule has 0 saturated heterocycles. The van der Waals surface area contributed by atoms with Gasteiger partial charge in [-0.25, -0.2) is 4.98 Å². The molecule has 0 aromatic carbocycles. The van der Waals surface area contributed by atoms with Gasteiger partial charge in [0.15, 0.2) is 0 Å². The molecule has 0 N–H and O–H groups in total. The van der Waals surface area contributed by atoms with Crippen molar-refractivity contribution < 1.29 is 0 Å². The second-order valence-electron chi connectivity index (χ2n) is 3.18. The van der Waals surface area contributed by atoms with Crippen molar-refractivity contribution in [3.05, 3.63) is 15.6 Å². The number of nitrogens with zero attached hydrogens (tertiary/aromatic N) is 1. The predicted molar refractivity (Wildman–Crippen MR) is 56.1 cm³/mol. The van der Waals surface area contributed by atoms with Crippen molar-refractivity contribution in [3.8, 4) is 0 Å². The minimum atomic E-state index is 0.813. The quantitative estimate of drug-likeness (QED) is 0.744. The van der Waals surface area contributed by atoms with Crippen molar-refractivity contribution in [2.75, 3.05) is 0 Å². The highest BCUT2D eigenvalue weighted by atomic mass is 79.9. The van der Waals surface area contributed by atoms with Crippen LogP contribution in [0.2, 0.25) is 0 Å². The maximum absolute atomic E-state index is 4.65. The topological polar surface area (TPSA) is 12.9 Å². The van der Waals surface area contributed by atoms with Crippen molar-refractivity contribution in [2.24, 2.45) is 0 Å². The average molecular weight is 246 g/mol. The van der Waals surface area contributed by atoms with E-state index in [0.29, 0.717) is 0 Å². The summed E-state index contributed by atoms with van der Waals surface area (Å²) < 4.78 is 0. The molecule has 1 saturated carbocycles. The summed E-state index contributed by atoms with van der Waals surface area (Å²) in [6.07, 6.45) is 3.79. The zero-order valence-electron chi connectivity index (χ0n) is 7.14. The molecule has 1 aliphatic rings. The van der Waals surface area contributed by atoms with Crippen LogP contribution in [0.3, 0.4) is 0 Å². The molecule has 0 aliphatic heterocycles. The Morgan fingerprint density at radius 2 is 2.33 bits per heavy atom. The maximum Gasteiger partial charge on any atom is 0.0962 e. The van der Waals surface area contributed by atoms with E-state index in [9.17, 15) is 0 Å². The summed E-state index contributed by atoms with van der Waals surface area (Å²) in [5.74, 6) is 0.813. The third-order valence-electron chi connectivity index (χ3n) is 2.18. The summed E-state index contributed by atoms with van der Waals surface area (Å²) >= 11 is 5.40. The summed E-state index contributed by atoms with van der Waals surface area (Å²) in [6.45, 7) is 2.18. The van der Waals surface area contributed by atoms with Gasteiger partial charge in [-0.05, 0) is 19.3 Å². The highest BCUT2D eigenvalue weighted by Gasteiger charge is 2.27. The van der Waals surface area contributed by atoms with Crippen molar-refractivity contribution in [1.29, 1.82) is 0 Å². The van der Waals surface area contributed by atoms with Gasteiger partial charge in [0.2, 0.25) is 0 Å². The van der Waals surface area contributed by atoms with Gasteiger partial charge in [0, 0.05) is 16.1 Å². The zero-order valence-corrected chi connectivity index (χ0v) is 9.54. The van der Waals surface area contributed by atoms with E-state index in [0.717, 1.165) is 17.7 Å². The lowest BCUT2D eigenvalue weighted by molar-refractivity contribution is 0.985. The average Bonchev–Trinajstić information content (AvgIpc) is 2.85. The van der Waals surface area contributed by atoms with Gasteiger partial charge >= 0.3 is 0 Å². The SMILES string of the molecule is CCc1nc(C2CC2)sc1CBr. The number of aryl methyl sites for hydroxylation is 1. The Balaban J connectivity index is 2.27. The molecule has 12 heavy (non-hydrogen) atoms. The molecule has 0 spiro atoms. The minimum Gasteiger partial charge on any atom is -0.246 e. The molecule has 0 amide bonds. The standard InChI is InChI=1S/C9H12BrNS/c1-2-7-8(5-10)12-9(11-7)6-3-4-6/h6H,2-5H2,1H3. The third kappa shape index (κ3) is 1.57. The Labute approximate surface area is 85.3 Å². The van der Waals surface area contributed by atoms with E-state index in [1.54, 1.807) is 0 Å². The first-order valence-electron chi connectivity index (χ1n) is 4.39. The van der Waals surface area contributed by atoms with Gasteiger partial charge in [-0.15, -0.1) is 11.3 Å². The van der Waals surface area contributed by atoms with Crippen LogP contribution >= 0.6 is 27.3 Å². The number of hydrogen-bond donors (Lipinski definition) is 0. The lowest BCUT2D eigenvalue weighted by Gasteiger charge is -1.90. The van der Waals surface area contributed by atoms with Gasteiger partial charge in [-0.1, -0.05) is 22.9 Å². The number of thiazole rings is 1. The van der Waals surface area contributed by atoms with E-state index in [4.69, 9.17) is 0 Å². The van der Waals surface area contributed by atoms with Crippen molar-refractivity contribution >= 4 is 27.3 Å². The molecule has 1 aromatic heterocycles. The fourth-order valence-electron chi connectivity index (χ4n) is 1.29. The first-order valence-corrected chi connectivity index (χ1v) is 6.33. The Hall–Kier alpha value is 0.110. The fourth-order valence-corrected chi connectivity index (χ4v) is 3.13. The second kappa shape index (κ2) is 3.46. The number of hydrogen-bond acceptors (Lipinski definition) is 2. The predicted octanol–water partition coefficient (Wildman–Crippen LogP) is 3.48. The van der Waals surface area contributed by atoms with E-state index >= 15 is 0 Å². The van der Waals surface area contributed by atoms with Crippen molar-refractivity contribution in [2.45, 2.75) is 37.4 Å². The van der Waals surface area contributed by atoms with E-state index in [1.165, 1.54) is 28.4 Å². The number of rotatable bonds is 3. The molecule has 0 unspecified atom stereocenters. The summed E-state index contributed by atoms with van der Waals surface area (Å²) in [5.41, 5.74) is 1.30. The molecule has 0 bridgehead atoms. The largest absolute Gasteiger partial charge is 0.246 e. The third-order valence-corrected chi connectivity index (χ3v) is 4.37. The van der Waals surface area contributed by atoms with Crippen LogP contribution in [-0.4, -0.2) is 4.98 Å². The first-order chi connectivity index (χ1) is 5.85. The number of alkyl halides is 1. The van der Waals surface area contributed by atoms with Crippen molar-refractivity contribution in [1.82, 2.24) is 4.98 Å². The molecular weight excluding hydrogens is 234 g/mol. The second-order valence-corrected chi connectivity index (χ2v) is 4.86. The minimum absolute atomic E-state index is 0.813. The Kier molecular flexibility index (Phi) is 2.51. The number of halogens is 1. The molecule has 1 heterocycles. The molecule has 0 atom stereocenters. The first kappa shape index (κ1) is 8.70. The highest BCUT2D eigenvalue weighted by Crippen LogP contribution is 2.42. The van der Waals surface area contributed by atoms with Gasteiger partial charge in [0.25, 0.3) is 0 Å². The Morgan fingerprint density at radius 3 is 2.75 bits per heavy atom. The maximum atomic E-state index is 4.65. The molecule has 1 aliphatic carbocycles. The molecule has 0 radical (unpaired) electrons. The lowest BCUT2D eigenvalue weighted by atomic mass is 10.3. The van der Waals surface area contributed by atoms with E-state index in [-0.39, 0.29) is 0 Å². The van der Waals surface area contributed by atoms with Crippen LogP contribution in [0.25, 0.3) is 0 Å². The fraction of sp³-hybridized carbons (Fsp3) is 0.667. The van der Waals surface area contributed by atoms with Crippen LogP contribution in [-0.2, 0) is 11.8 Å². The summed E-state index contributed by atoms with van der Waals surface area (Å²) in [5, 5.41) is 2.35. The lowest BCUT2D eigenvalue weighted by Crippen LogP contribution is -1.85. The van der Waals surface area contributed by atoms with Gasteiger partial charge in [0.1, 0.15) is 0 Å². The van der Waals surface area contributed by atoms with E-state index in [2.05, 4.69) is 27.8 Å². The van der Waals surface area contributed by atoms with E-state index < -0.39 is 0 Å². The molecule has 2 rings (SSSR count). The van der Waals surface area contributed by atoms with Crippen LogP contribution in [0.4, 0.5) is 0 Å². The summed E-state index contributed by atoms with van der Waals surface area (Å²) in [4.78, 5) is 6.08. The van der Waals surface area contributed by atoms with Crippen LogP contribution in [0.5, 0.6) is 0 Å². The van der Waals surface area contributed by atoms with Gasteiger partial charge in [-0.3, -0.25) is 0 Å². The molecule has 3 heteroatoms. The van der Waals surface area contributed by atoms with Crippen LogP contribution in [0.1, 0.15) is 41.3 Å². The number of aromatic nitrogens is 1. The zero-order chi connectivity index (χ0) is 8.55. The summed E-state index contributed by atoms with van der Waals surface area (Å²) in [6, 6.07) is 0. The molecule has 1 fully saturated rings. The molecule has 1 nitrogen and oxygen atoms in total. The van der Waals surface area contributed by atoms with Crippen LogP contribution in [0.15, 0.2) is 0 Å².